The van der Waals surface area contributed by atoms with Gasteiger partial charge in [-0.25, -0.2) is 0 Å². The summed E-state index contributed by atoms with van der Waals surface area (Å²) in [5.74, 6) is 0.931. The number of carbonyl (C=O) groups excluding carboxylic acids is 1. The minimum absolute atomic E-state index is 0.251. The van der Waals surface area contributed by atoms with Gasteiger partial charge in [0, 0.05) is 12.0 Å². The fraction of sp³-hybridized carbons (Fsp3) is 0.381. The van der Waals surface area contributed by atoms with Crippen LogP contribution in [-0.2, 0) is 6.42 Å². The monoisotopic (exact) mass is 294 g/mol. The lowest BCUT2D eigenvalue weighted by atomic mass is 9.97. The van der Waals surface area contributed by atoms with Crippen molar-refractivity contribution in [3.05, 3.63) is 59.7 Å². The number of hydrogen-bond donors (Lipinski definition) is 0. The number of unbranched alkanes of at least 4 members (excludes halogenated alkanes) is 1. The minimum atomic E-state index is 0.251. The Morgan fingerprint density at radius 2 is 1.45 bits per heavy atom. The van der Waals surface area contributed by atoms with Crippen LogP contribution in [0.4, 0.5) is 0 Å². The van der Waals surface area contributed by atoms with E-state index in [1.807, 2.05) is 12.1 Å². The summed E-state index contributed by atoms with van der Waals surface area (Å²) in [6, 6.07) is 16.8. The van der Waals surface area contributed by atoms with Gasteiger partial charge >= 0.3 is 0 Å². The van der Waals surface area contributed by atoms with Gasteiger partial charge in [-0.05, 0) is 35.4 Å². The van der Waals surface area contributed by atoms with Crippen LogP contribution in [0.15, 0.2) is 48.5 Å². The van der Waals surface area contributed by atoms with Crippen LogP contribution < -0.4 is 0 Å². The van der Waals surface area contributed by atoms with E-state index in [4.69, 9.17) is 0 Å². The Bertz CT molecular complexity index is 591. The molecule has 0 spiro atoms. The predicted octanol–water partition coefficient (Wildman–Crippen LogP) is 5.93. The summed E-state index contributed by atoms with van der Waals surface area (Å²) in [6.07, 6.45) is 3.80. The Kier molecular flexibility index (Phi) is 5.94. The van der Waals surface area contributed by atoms with E-state index in [1.54, 1.807) is 0 Å². The first kappa shape index (κ1) is 16.5. The van der Waals surface area contributed by atoms with E-state index in [2.05, 4.69) is 57.2 Å². The van der Waals surface area contributed by atoms with Crippen LogP contribution in [0.3, 0.4) is 0 Å². The average Bonchev–Trinajstić information content (AvgIpc) is 2.53. The molecule has 0 aliphatic heterocycles. The zero-order valence-corrected chi connectivity index (χ0v) is 13.9. The Balaban J connectivity index is 2.08. The first-order valence-electron chi connectivity index (χ1n) is 8.32. The van der Waals surface area contributed by atoms with Crippen molar-refractivity contribution in [3.63, 3.8) is 0 Å². The predicted molar refractivity (Wildman–Crippen MR) is 94.3 cm³/mol. The summed E-state index contributed by atoms with van der Waals surface area (Å²) in [6.45, 7) is 6.59. The van der Waals surface area contributed by atoms with Gasteiger partial charge in [-0.1, -0.05) is 75.7 Å². The second kappa shape index (κ2) is 7.93. The van der Waals surface area contributed by atoms with Crippen LogP contribution in [0.2, 0.25) is 0 Å². The van der Waals surface area contributed by atoms with Crippen molar-refractivity contribution in [1.82, 2.24) is 0 Å². The van der Waals surface area contributed by atoms with Gasteiger partial charge in [-0.15, -0.1) is 0 Å². The molecule has 0 unspecified atom stereocenters. The first-order valence-corrected chi connectivity index (χ1v) is 8.32. The summed E-state index contributed by atoms with van der Waals surface area (Å²) in [4.78, 5) is 12.0. The molecular formula is C21H26O. The van der Waals surface area contributed by atoms with E-state index >= 15 is 0 Å². The molecule has 0 atom stereocenters. The lowest BCUT2D eigenvalue weighted by Gasteiger charge is -2.07. The molecule has 1 heteroatoms. The highest BCUT2D eigenvalue weighted by Gasteiger charge is 2.06. The second-order valence-electron chi connectivity index (χ2n) is 6.40. The summed E-state index contributed by atoms with van der Waals surface area (Å²) in [5.41, 5.74) is 4.59. The van der Waals surface area contributed by atoms with Gasteiger partial charge in [0.25, 0.3) is 0 Å². The number of carbonyl (C=O) groups is 1. The average molecular weight is 294 g/mol. The third-order valence-electron chi connectivity index (χ3n) is 3.90. The number of hydrogen-bond acceptors (Lipinski definition) is 1. The van der Waals surface area contributed by atoms with Gasteiger partial charge in [-0.2, -0.15) is 0 Å². The highest BCUT2D eigenvalue weighted by atomic mass is 16.1. The van der Waals surface area contributed by atoms with Crippen LogP contribution in [-0.4, -0.2) is 5.78 Å². The Labute approximate surface area is 134 Å². The van der Waals surface area contributed by atoms with E-state index in [0.29, 0.717) is 12.3 Å². The molecule has 116 valence electrons. The quantitative estimate of drug-likeness (QED) is 0.579. The normalized spacial score (nSPS) is 10.9. The van der Waals surface area contributed by atoms with Gasteiger partial charge < -0.3 is 0 Å². The maximum absolute atomic E-state index is 12.0. The van der Waals surface area contributed by atoms with Crippen LogP contribution in [0.5, 0.6) is 0 Å². The van der Waals surface area contributed by atoms with Crippen LogP contribution >= 0.6 is 0 Å². The third kappa shape index (κ3) is 4.56. The molecule has 0 amide bonds. The smallest absolute Gasteiger partial charge is 0.162 e. The molecular weight excluding hydrogens is 268 g/mol. The zero-order chi connectivity index (χ0) is 15.9. The number of benzene rings is 2. The lowest BCUT2D eigenvalue weighted by molar-refractivity contribution is 0.0980. The number of rotatable bonds is 7. The van der Waals surface area contributed by atoms with Gasteiger partial charge in [0.15, 0.2) is 5.78 Å². The fourth-order valence-corrected chi connectivity index (χ4v) is 2.63. The maximum Gasteiger partial charge on any atom is 0.162 e. The second-order valence-corrected chi connectivity index (χ2v) is 6.40. The molecule has 0 aliphatic carbocycles. The third-order valence-corrected chi connectivity index (χ3v) is 3.90. The van der Waals surface area contributed by atoms with Crippen molar-refractivity contribution in [2.45, 2.75) is 46.5 Å². The standard InChI is InChI=1S/C21H26O/c1-4-5-6-21(22)20-13-11-19(12-14-20)18-9-7-17(8-10-18)15-16(2)3/h7-14,16H,4-6,15H2,1-3H3. The summed E-state index contributed by atoms with van der Waals surface area (Å²) >= 11 is 0. The summed E-state index contributed by atoms with van der Waals surface area (Å²) < 4.78 is 0. The molecule has 2 aromatic rings. The molecule has 0 aliphatic rings. The summed E-state index contributed by atoms with van der Waals surface area (Å²) in [7, 11) is 0. The van der Waals surface area contributed by atoms with E-state index < -0.39 is 0 Å². The lowest BCUT2D eigenvalue weighted by Crippen LogP contribution is -1.98. The van der Waals surface area contributed by atoms with Crippen LogP contribution in [0.1, 0.15) is 56.0 Å². The van der Waals surface area contributed by atoms with Crippen molar-refractivity contribution < 1.29 is 4.79 Å². The van der Waals surface area contributed by atoms with Crippen molar-refractivity contribution in [3.8, 4) is 11.1 Å². The Hall–Kier alpha value is -1.89. The van der Waals surface area contributed by atoms with Crippen molar-refractivity contribution in [2.24, 2.45) is 5.92 Å². The largest absolute Gasteiger partial charge is 0.294 e. The van der Waals surface area contributed by atoms with E-state index in [9.17, 15) is 4.79 Å². The fourth-order valence-electron chi connectivity index (χ4n) is 2.63. The highest BCUT2D eigenvalue weighted by molar-refractivity contribution is 5.96. The molecule has 0 radical (unpaired) electrons. The number of Topliss-reactive ketones (excluding diaryl/α,β-unsaturated/α-hetero) is 1. The minimum Gasteiger partial charge on any atom is -0.294 e. The molecule has 0 heterocycles. The summed E-state index contributed by atoms with van der Waals surface area (Å²) in [5, 5.41) is 0. The topological polar surface area (TPSA) is 17.1 Å². The molecule has 2 rings (SSSR count). The van der Waals surface area contributed by atoms with E-state index in [-0.39, 0.29) is 5.78 Å². The van der Waals surface area contributed by atoms with Crippen molar-refractivity contribution in [1.29, 1.82) is 0 Å². The van der Waals surface area contributed by atoms with Gasteiger partial charge in [0.1, 0.15) is 0 Å². The van der Waals surface area contributed by atoms with Gasteiger partial charge in [0.2, 0.25) is 0 Å². The van der Waals surface area contributed by atoms with Crippen molar-refractivity contribution >= 4 is 5.78 Å². The Morgan fingerprint density at radius 1 is 0.909 bits per heavy atom. The molecule has 22 heavy (non-hydrogen) atoms. The maximum atomic E-state index is 12.0. The molecule has 2 aromatic carbocycles. The van der Waals surface area contributed by atoms with E-state index in [1.165, 1.54) is 16.7 Å². The first-order chi connectivity index (χ1) is 10.6. The molecule has 0 bridgehead atoms. The van der Waals surface area contributed by atoms with Crippen molar-refractivity contribution in [2.75, 3.05) is 0 Å². The zero-order valence-electron chi connectivity index (χ0n) is 13.9. The molecule has 0 saturated heterocycles. The number of ketones is 1. The van der Waals surface area contributed by atoms with E-state index in [0.717, 1.165) is 24.8 Å². The highest BCUT2D eigenvalue weighted by Crippen LogP contribution is 2.22. The molecule has 0 fully saturated rings. The molecule has 1 nitrogen and oxygen atoms in total. The molecule has 0 N–H and O–H groups in total. The molecule has 0 saturated carbocycles. The van der Waals surface area contributed by atoms with Crippen LogP contribution in [0, 0.1) is 5.92 Å². The van der Waals surface area contributed by atoms with Gasteiger partial charge in [-0.3, -0.25) is 4.79 Å². The Morgan fingerprint density at radius 3 is 1.95 bits per heavy atom. The molecule has 0 aromatic heterocycles. The SMILES string of the molecule is CCCCC(=O)c1ccc(-c2ccc(CC(C)C)cc2)cc1. The van der Waals surface area contributed by atoms with Crippen LogP contribution in [0.25, 0.3) is 11.1 Å². The van der Waals surface area contributed by atoms with Gasteiger partial charge in [0.05, 0.1) is 0 Å².